The summed E-state index contributed by atoms with van der Waals surface area (Å²) in [7, 11) is 1.73. The van der Waals surface area contributed by atoms with Gasteiger partial charge in [-0.05, 0) is 37.6 Å². The van der Waals surface area contributed by atoms with E-state index in [1.54, 1.807) is 30.7 Å². The summed E-state index contributed by atoms with van der Waals surface area (Å²) in [6.45, 7) is 10.0. The fraction of sp³-hybridized carbons (Fsp3) is 0.600. The van der Waals surface area contributed by atoms with Gasteiger partial charge in [0.05, 0.1) is 12.7 Å². The number of fused-ring (bicyclic) bond motifs is 1. The molecule has 0 spiro atoms. The Morgan fingerprint density at radius 3 is 2.65 bits per heavy atom. The summed E-state index contributed by atoms with van der Waals surface area (Å²) in [5.41, 5.74) is 1.96. The third-order valence-corrected chi connectivity index (χ3v) is 5.76. The molecule has 2 N–H and O–H groups in total. The van der Waals surface area contributed by atoms with Crippen molar-refractivity contribution < 1.29 is 19.3 Å². The molecule has 2 aliphatic rings. The number of ether oxygens (including phenoxy) is 1. The number of amides is 1. The topological polar surface area (TPSA) is 62.2 Å². The molecule has 0 bridgehead atoms. The van der Waals surface area contributed by atoms with E-state index in [1.165, 1.54) is 16.0 Å². The molecule has 2 heterocycles. The number of nitriles is 1. The molecule has 0 radical (unpaired) electrons. The van der Waals surface area contributed by atoms with Crippen LogP contribution < -0.4 is 14.5 Å². The van der Waals surface area contributed by atoms with Gasteiger partial charge in [-0.15, -0.1) is 0 Å². The number of piperazine rings is 1. The van der Waals surface area contributed by atoms with Crippen LogP contribution in [0.3, 0.4) is 0 Å². The van der Waals surface area contributed by atoms with Gasteiger partial charge in [0.2, 0.25) is 0 Å². The van der Waals surface area contributed by atoms with Gasteiger partial charge >= 0.3 is 0 Å². The number of carbonyl (C=O) groups is 1. The Morgan fingerprint density at radius 1 is 1.27 bits per heavy atom. The summed E-state index contributed by atoms with van der Waals surface area (Å²) in [4.78, 5) is 16.9. The maximum Gasteiger partial charge on any atom is 0.278 e. The molecule has 1 saturated heterocycles. The van der Waals surface area contributed by atoms with Crippen molar-refractivity contribution in [2.75, 3.05) is 46.4 Å². The number of hydrogen-bond donors (Lipinski definition) is 2. The van der Waals surface area contributed by atoms with E-state index in [9.17, 15) is 10.1 Å². The molecule has 2 aliphatic heterocycles. The van der Waals surface area contributed by atoms with Crippen molar-refractivity contribution in [2.24, 2.45) is 0 Å². The Bertz CT molecular complexity index is 702. The smallest absolute Gasteiger partial charge is 0.278 e. The molecule has 140 valence electrons. The number of likely N-dealkylation sites (N-methyl/N-ethyl adjacent to an activating group) is 1. The van der Waals surface area contributed by atoms with Gasteiger partial charge in [-0.25, -0.2) is 0 Å². The van der Waals surface area contributed by atoms with E-state index < -0.39 is 5.54 Å². The molecule has 0 saturated carbocycles. The van der Waals surface area contributed by atoms with Gasteiger partial charge in [-0.1, -0.05) is 0 Å². The molecule has 0 atom stereocenters. The number of carbonyl (C=O) groups excluding carboxylic acids is 1. The highest BCUT2D eigenvalue weighted by Crippen LogP contribution is 2.25. The lowest BCUT2D eigenvalue weighted by Crippen LogP contribution is -3.28. The van der Waals surface area contributed by atoms with Gasteiger partial charge < -0.3 is 19.4 Å². The molecule has 1 fully saturated rings. The van der Waals surface area contributed by atoms with E-state index in [-0.39, 0.29) is 5.91 Å². The summed E-state index contributed by atoms with van der Waals surface area (Å²) in [6.07, 6.45) is 1.02. The summed E-state index contributed by atoms with van der Waals surface area (Å²) in [5, 5.41) is 9.19. The second kappa shape index (κ2) is 7.65. The second-order valence-electron chi connectivity index (χ2n) is 8.02. The van der Waals surface area contributed by atoms with Crippen molar-refractivity contribution in [1.29, 1.82) is 5.26 Å². The number of nitrogens with zero attached hydrogens (tertiary/aromatic N) is 2. The van der Waals surface area contributed by atoms with Crippen molar-refractivity contribution in [3.8, 4) is 11.8 Å². The number of quaternary nitrogens is 2. The molecule has 0 aromatic heterocycles. The van der Waals surface area contributed by atoms with E-state index in [0.717, 1.165) is 51.5 Å². The Labute approximate surface area is 155 Å². The van der Waals surface area contributed by atoms with Crippen molar-refractivity contribution in [2.45, 2.75) is 32.4 Å². The molecule has 6 nitrogen and oxygen atoms in total. The van der Waals surface area contributed by atoms with Crippen LogP contribution in [0.25, 0.3) is 0 Å². The van der Waals surface area contributed by atoms with Gasteiger partial charge in [0, 0.05) is 19.0 Å². The van der Waals surface area contributed by atoms with E-state index >= 15 is 0 Å². The fourth-order valence-corrected chi connectivity index (χ4v) is 3.67. The van der Waals surface area contributed by atoms with Crippen molar-refractivity contribution in [3.05, 3.63) is 29.3 Å². The highest BCUT2D eigenvalue weighted by Gasteiger charge is 2.31. The van der Waals surface area contributed by atoms with Crippen LogP contribution in [-0.2, 0) is 17.8 Å². The predicted octanol–water partition coefficient (Wildman–Crippen LogP) is -1.33. The molecular weight excluding hydrogens is 328 g/mol. The third-order valence-electron chi connectivity index (χ3n) is 5.76. The molecule has 26 heavy (non-hydrogen) atoms. The van der Waals surface area contributed by atoms with Crippen LogP contribution in [-0.4, -0.2) is 62.7 Å². The standard InChI is InChI=1S/C20H28N4O2/c1-20(2,15-21)22(3)19(25)14-24-9-7-23(8-10-24)13-16-4-5-18-17(12-16)6-11-26-18/h4-5,12H,6-11,13-14H2,1-3H3/p+2. The first-order valence-electron chi connectivity index (χ1n) is 9.48. The summed E-state index contributed by atoms with van der Waals surface area (Å²) in [6, 6.07) is 8.76. The zero-order valence-electron chi connectivity index (χ0n) is 16.1. The van der Waals surface area contributed by atoms with Crippen molar-refractivity contribution in [3.63, 3.8) is 0 Å². The van der Waals surface area contributed by atoms with E-state index in [1.807, 2.05) is 0 Å². The van der Waals surface area contributed by atoms with Gasteiger partial charge in [-0.2, -0.15) is 5.26 Å². The van der Waals surface area contributed by atoms with Gasteiger partial charge in [0.15, 0.2) is 6.54 Å². The minimum absolute atomic E-state index is 0.0497. The fourth-order valence-electron chi connectivity index (χ4n) is 3.67. The van der Waals surface area contributed by atoms with Gasteiger partial charge in [0.25, 0.3) is 5.91 Å². The molecule has 6 heteroatoms. The largest absolute Gasteiger partial charge is 0.493 e. The van der Waals surface area contributed by atoms with Crippen LogP contribution in [0.1, 0.15) is 25.0 Å². The molecule has 1 aromatic carbocycles. The minimum Gasteiger partial charge on any atom is -0.493 e. The van der Waals surface area contributed by atoms with Gasteiger partial charge in [-0.3, -0.25) is 4.79 Å². The third kappa shape index (κ3) is 4.17. The highest BCUT2D eigenvalue weighted by atomic mass is 16.5. The zero-order chi connectivity index (χ0) is 18.7. The van der Waals surface area contributed by atoms with Crippen LogP contribution in [0, 0.1) is 11.3 Å². The molecule has 0 unspecified atom stereocenters. The number of rotatable bonds is 5. The van der Waals surface area contributed by atoms with Crippen LogP contribution >= 0.6 is 0 Å². The minimum atomic E-state index is -0.749. The average Bonchev–Trinajstić information content (AvgIpc) is 3.10. The maximum absolute atomic E-state index is 12.4. The monoisotopic (exact) mass is 358 g/mol. The molecule has 0 aliphatic carbocycles. The van der Waals surface area contributed by atoms with Crippen LogP contribution in [0.2, 0.25) is 0 Å². The lowest BCUT2D eigenvalue weighted by atomic mass is 10.1. The molecule has 3 rings (SSSR count). The Morgan fingerprint density at radius 2 is 1.96 bits per heavy atom. The SMILES string of the molecule is CN(C(=O)C[NH+]1CC[NH+](Cc2ccc3c(c2)CCO3)CC1)C(C)(C)C#N. The average molecular weight is 358 g/mol. The lowest BCUT2D eigenvalue weighted by molar-refractivity contribution is -1.02. The Hall–Kier alpha value is -2.10. The summed E-state index contributed by atoms with van der Waals surface area (Å²) < 4.78 is 5.58. The van der Waals surface area contributed by atoms with E-state index in [0.29, 0.717) is 6.54 Å². The lowest BCUT2D eigenvalue weighted by Gasteiger charge is -2.33. The first-order chi connectivity index (χ1) is 12.4. The highest BCUT2D eigenvalue weighted by molar-refractivity contribution is 5.78. The molecular formula is C20H30N4O2+2. The predicted molar refractivity (Wildman–Crippen MR) is 98.1 cm³/mol. The van der Waals surface area contributed by atoms with E-state index in [2.05, 4.69) is 24.3 Å². The van der Waals surface area contributed by atoms with Crippen molar-refractivity contribution >= 4 is 5.91 Å². The van der Waals surface area contributed by atoms with Crippen LogP contribution in [0.4, 0.5) is 0 Å². The second-order valence-corrected chi connectivity index (χ2v) is 8.02. The van der Waals surface area contributed by atoms with Crippen LogP contribution in [0.5, 0.6) is 5.75 Å². The normalized spacial score (nSPS) is 22.2. The zero-order valence-corrected chi connectivity index (χ0v) is 16.1. The van der Waals surface area contributed by atoms with Crippen LogP contribution in [0.15, 0.2) is 18.2 Å². The Kier molecular flexibility index (Phi) is 5.49. The summed E-state index contributed by atoms with van der Waals surface area (Å²) >= 11 is 0. The number of nitrogens with one attached hydrogen (secondary N) is 2. The molecule has 1 amide bonds. The van der Waals surface area contributed by atoms with Crippen molar-refractivity contribution in [1.82, 2.24) is 4.90 Å². The first kappa shape index (κ1) is 18.7. The number of hydrogen-bond acceptors (Lipinski definition) is 3. The maximum atomic E-state index is 12.4. The first-order valence-corrected chi connectivity index (χ1v) is 9.48. The Balaban J connectivity index is 1.47. The summed E-state index contributed by atoms with van der Waals surface area (Å²) in [5.74, 6) is 1.09. The quantitative estimate of drug-likeness (QED) is 0.685. The van der Waals surface area contributed by atoms with Gasteiger partial charge in [0.1, 0.15) is 44.0 Å². The number of benzene rings is 1. The van der Waals surface area contributed by atoms with E-state index in [4.69, 9.17) is 4.74 Å². The molecule has 1 aromatic rings.